The van der Waals surface area contributed by atoms with E-state index in [0.29, 0.717) is 21.8 Å². The zero-order valence-electron chi connectivity index (χ0n) is 14.0. The third-order valence-electron chi connectivity index (χ3n) is 3.60. The monoisotopic (exact) mass is 369 g/mol. The fourth-order valence-corrected chi connectivity index (χ4v) is 2.58. The lowest BCUT2D eigenvalue weighted by Crippen LogP contribution is -2.08. The molecule has 3 rings (SSSR count). The van der Waals surface area contributed by atoms with Crippen LogP contribution in [0.1, 0.15) is 22.8 Å². The Morgan fingerprint density at radius 3 is 2.88 bits per heavy atom. The molecule has 0 aliphatic rings. The van der Waals surface area contributed by atoms with Crippen molar-refractivity contribution in [3.8, 4) is 0 Å². The molecule has 26 heavy (non-hydrogen) atoms. The van der Waals surface area contributed by atoms with E-state index >= 15 is 0 Å². The van der Waals surface area contributed by atoms with Crippen LogP contribution in [0.15, 0.2) is 54.9 Å². The van der Waals surface area contributed by atoms with Gasteiger partial charge < -0.3 is 10.1 Å². The Morgan fingerprint density at radius 1 is 1.31 bits per heavy atom. The number of hydrogen-bond acceptors (Lipinski definition) is 4. The van der Waals surface area contributed by atoms with Gasteiger partial charge in [-0.15, -0.1) is 0 Å². The number of carbonyl (C=O) groups is 2. The normalized spacial score (nSPS) is 11.0. The van der Waals surface area contributed by atoms with Crippen LogP contribution in [0.2, 0.25) is 5.02 Å². The molecule has 0 bridgehead atoms. The lowest BCUT2D eigenvalue weighted by atomic mass is 10.2. The van der Waals surface area contributed by atoms with E-state index in [1.54, 1.807) is 41.9 Å². The van der Waals surface area contributed by atoms with Crippen LogP contribution in [0.3, 0.4) is 0 Å². The van der Waals surface area contributed by atoms with E-state index in [2.05, 4.69) is 10.4 Å². The highest BCUT2D eigenvalue weighted by Gasteiger charge is 2.14. The third-order valence-corrected chi connectivity index (χ3v) is 3.95. The van der Waals surface area contributed by atoms with E-state index in [9.17, 15) is 9.59 Å². The Morgan fingerprint density at radius 2 is 2.12 bits per heavy atom. The molecule has 0 fully saturated rings. The van der Waals surface area contributed by atoms with E-state index in [-0.39, 0.29) is 12.5 Å². The summed E-state index contributed by atoms with van der Waals surface area (Å²) in [5.41, 5.74) is 2.18. The fraction of sp³-hybridized carbons (Fsp3) is 0.105. The fourth-order valence-electron chi connectivity index (χ4n) is 2.38. The van der Waals surface area contributed by atoms with Crippen molar-refractivity contribution >= 4 is 40.8 Å². The van der Waals surface area contributed by atoms with E-state index in [0.717, 1.165) is 5.56 Å². The topological polar surface area (TPSA) is 72.7 Å². The van der Waals surface area contributed by atoms with Gasteiger partial charge in [0.15, 0.2) is 0 Å². The number of ether oxygens (including phenoxy) is 1. The average Bonchev–Trinajstić information content (AvgIpc) is 3.04. The smallest absolute Gasteiger partial charge is 0.341 e. The van der Waals surface area contributed by atoms with Crippen LogP contribution in [0.4, 0.5) is 5.69 Å². The zero-order valence-corrected chi connectivity index (χ0v) is 14.7. The number of nitrogens with one attached hydrogen (secondary N) is 1. The molecule has 7 heteroatoms. The van der Waals surface area contributed by atoms with Gasteiger partial charge in [-0.05, 0) is 36.8 Å². The highest BCUT2D eigenvalue weighted by Crippen LogP contribution is 2.18. The van der Waals surface area contributed by atoms with Crippen LogP contribution >= 0.6 is 11.6 Å². The van der Waals surface area contributed by atoms with Crippen molar-refractivity contribution in [2.75, 3.05) is 11.9 Å². The molecule has 3 aromatic rings. The standard InChI is InChI=1S/C19H16ClN3O3/c1-2-26-19(25)15-12-21-23-10-9-14(11-17(15)23)22-18(24)8-7-13-5-3-4-6-16(13)20/h3-12H,2H2,1H3,(H,22,24)/b8-7+. The van der Waals surface area contributed by atoms with Gasteiger partial charge in [-0.3, -0.25) is 4.79 Å². The molecule has 2 heterocycles. The minimum atomic E-state index is -0.454. The molecule has 1 N–H and O–H groups in total. The van der Waals surface area contributed by atoms with Crippen molar-refractivity contribution in [2.24, 2.45) is 0 Å². The quantitative estimate of drug-likeness (QED) is 0.548. The minimum Gasteiger partial charge on any atom is -0.462 e. The molecule has 6 nitrogen and oxygen atoms in total. The maximum absolute atomic E-state index is 12.1. The van der Waals surface area contributed by atoms with Crippen molar-refractivity contribution in [1.82, 2.24) is 9.61 Å². The third kappa shape index (κ3) is 3.92. The zero-order chi connectivity index (χ0) is 18.5. The number of anilines is 1. The van der Waals surface area contributed by atoms with Gasteiger partial charge >= 0.3 is 5.97 Å². The number of nitrogens with zero attached hydrogens (tertiary/aromatic N) is 2. The van der Waals surface area contributed by atoms with Crippen LogP contribution in [0.25, 0.3) is 11.6 Å². The summed E-state index contributed by atoms with van der Waals surface area (Å²) in [6.07, 6.45) is 6.13. The molecule has 0 saturated heterocycles. The molecule has 1 amide bonds. The Balaban J connectivity index is 1.78. The largest absolute Gasteiger partial charge is 0.462 e. The van der Waals surface area contributed by atoms with Gasteiger partial charge in [-0.1, -0.05) is 29.8 Å². The molecule has 0 saturated carbocycles. The first-order valence-corrected chi connectivity index (χ1v) is 8.34. The maximum Gasteiger partial charge on any atom is 0.341 e. The number of rotatable bonds is 5. The minimum absolute atomic E-state index is 0.277. The van der Waals surface area contributed by atoms with Crippen molar-refractivity contribution in [1.29, 1.82) is 0 Å². The van der Waals surface area contributed by atoms with E-state index in [1.807, 2.05) is 18.2 Å². The van der Waals surface area contributed by atoms with Crippen LogP contribution in [-0.2, 0) is 9.53 Å². The molecule has 2 aromatic heterocycles. The molecule has 0 aliphatic heterocycles. The Labute approximate surface area is 155 Å². The summed E-state index contributed by atoms with van der Waals surface area (Å²) in [5.74, 6) is -0.768. The Hall–Kier alpha value is -3.12. The van der Waals surface area contributed by atoms with E-state index < -0.39 is 5.97 Å². The van der Waals surface area contributed by atoms with E-state index in [1.165, 1.54) is 12.3 Å². The van der Waals surface area contributed by atoms with E-state index in [4.69, 9.17) is 16.3 Å². The molecule has 0 spiro atoms. The predicted octanol–water partition coefficient (Wildman–Crippen LogP) is 3.82. The summed E-state index contributed by atoms with van der Waals surface area (Å²) in [4.78, 5) is 24.1. The summed E-state index contributed by atoms with van der Waals surface area (Å²) in [7, 11) is 0. The summed E-state index contributed by atoms with van der Waals surface area (Å²) >= 11 is 6.06. The van der Waals surface area contributed by atoms with Crippen molar-refractivity contribution in [3.05, 3.63) is 71.0 Å². The Bertz CT molecular complexity index is 995. The molecule has 0 aliphatic carbocycles. The molecule has 0 atom stereocenters. The first-order valence-electron chi connectivity index (χ1n) is 7.96. The number of pyridine rings is 1. The SMILES string of the molecule is CCOC(=O)c1cnn2ccc(NC(=O)/C=C/c3ccccc3Cl)cc12. The number of carbonyl (C=O) groups excluding carboxylic acids is 2. The lowest BCUT2D eigenvalue weighted by Gasteiger charge is -2.04. The lowest BCUT2D eigenvalue weighted by molar-refractivity contribution is -0.111. The van der Waals surface area contributed by atoms with Gasteiger partial charge in [-0.25, -0.2) is 9.31 Å². The Kier molecular flexibility index (Phi) is 5.34. The molecular formula is C19H16ClN3O3. The molecule has 0 radical (unpaired) electrons. The van der Waals surface area contributed by atoms with Crippen LogP contribution in [0.5, 0.6) is 0 Å². The maximum atomic E-state index is 12.1. The van der Waals surface area contributed by atoms with Gasteiger partial charge in [0, 0.05) is 23.0 Å². The molecule has 1 aromatic carbocycles. The number of aromatic nitrogens is 2. The van der Waals surface area contributed by atoms with Gasteiger partial charge in [0.05, 0.1) is 18.3 Å². The molecular weight excluding hydrogens is 354 g/mol. The summed E-state index contributed by atoms with van der Waals surface area (Å²) in [6, 6.07) is 10.6. The number of fused-ring (bicyclic) bond motifs is 1. The average molecular weight is 370 g/mol. The summed E-state index contributed by atoms with van der Waals surface area (Å²) in [5, 5.41) is 7.42. The van der Waals surface area contributed by atoms with Crippen LogP contribution < -0.4 is 5.32 Å². The van der Waals surface area contributed by atoms with Crippen LogP contribution in [-0.4, -0.2) is 28.1 Å². The second-order valence-corrected chi connectivity index (χ2v) is 5.78. The highest BCUT2D eigenvalue weighted by atomic mass is 35.5. The van der Waals surface area contributed by atoms with Gasteiger partial charge in [0.1, 0.15) is 5.56 Å². The number of benzene rings is 1. The summed E-state index contributed by atoms with van der Waals surface area (Å²) in [6.45, 7) is 2.01. The molecule has 132 valence electrons. The van der Waals surface area contributed by atoms with Gasteiger partial charge in [0.25, 0.3) is 0 Å². The second kappa shape index (κ2) is 7.84. The van der Waals surface area contributed by atoms with Crippen molar-refractivity contribution in [2.45, 2.75) is 6.92 Å². The summed E-state index contributed by atoms with van der Waals surface area (Å²) < 4.78 is 6.55. The van der Waals surface area contributed by atoms with Crippen molar-refractivity contribution < 1.29 is 14.3 Å². The van der Waals surface area contributed by atoms with Crippen molar-refractivity contribution in [3.63, 3.8) is 0 Å². The number of halogens is 1. The molecule has 0 unspecified atom stereocenters. The second-order valence-electron chi connectivity index (χ2n) is 5.37. The number of esters is 1. The van der Waals surface area contributed by atoms with Gasteiger partial charge in [0.2, 0.25) is 5.91 Å². The van der Waals surface area contributed by atoms with Crippen LogP contribution in [0, 0.1) is 0 Å². The number of hydrogen-bond donors (Lipinski definition) is 1. The highest BCUT2D eigenvalue weighted by molar-refractivity contribution is 6.32. The number of amides is 1. The van der Waals surface area contributed by atoms with Gasteiger partial charge in [-0.2, -0.15) is 5.10 Å². The first kappa shape index (κ1) is 17.7. The first-order chi connectivity index (χ1) is 12.6. The predicted molar refractivity (Wildman–Crippen MR) is 100 cm³/mol.